The van der Waals surface area contributed by atoms with Crippen molar-refractivity contribution in [1.29, 1.82) is 0 Å². The second-order valence-corrected chi connectivity index (χ2v) is 5.90. The Kier molecular flexibility index (Phi) is 4.29. The lowest BCUT2D eigenvalue weighted by Crippen LogP contribution is -2.49. The summed E-state index contributed by atoms with van der Waals surface area (Å²) < 4.78 is 5.30. The summed E-state index contributed by atoms with van der Waals surface area (Å²) in [7, 11) is 0. The molecule has 0 radical (unpaired) electrons. The first-order valence-corrected chi connectivity index (χ1v) is 6.85. The third kappa shape index (κ3) is 4.09. The average molecular weight is 270 g/mol. The third-order valence-corrected chi connectivity index (χ3v) is 4.02. The molecular formula is C13H22N2O4. The minimum absolute atomic E-state index is 0.0495. The molecule has 1 aliphatic heterocycles. The van der Waals surface area contributed by atoms with Gasteiger partial charge >= 0.3 is 12.0 Å². The maximum Gasteiger partial charge on any atom is 0.326 e. The molecule has 1 saturated carbocycles. The molecule has 108 valence electrons. The Bertz CT molecular complexity index is 349. The van der Waals surface area contributed by atoms with Gasteiger partial charge in [-0.05, 0) is 37.0 Å². The highest BCUT2D eigenvalue weighted by atomic mass is 16.5. The molecule has 2 fully saturated rings. The number of carbonyl (C=O) groups is 2. The van der Waals surface area contributed by atoms with Gasteiger partial charge in [-0.3, -0.25) is 0 Å². The van der Waals surface area contributed by atoms with E-state index in [0.29, 0.717) is 6.54 Å². The molecular weight excluding hydrogens is 248 g/mol. The average Bonchev–Trinajstić information content (AvgIpc) is 3.18. The highest BCUT2D eigenvalue weighted by Crippen LogP contribution is 2.32. The summed E-state index contributed by atoms with van der Waals surface area (Å²) in [5, 5.41) is 14.4. The monoisotopic (exact) mass is 270 g/mol. The zero-order valence-electron chi connectivity index (χ0n) is 11.3. The van der Waals surface area contributed by atoms with Gasteiger partial charge in [-0.1, -0.05) is 6.92 Å². The zero-order chi connectivity index (χ0) is 13.9. The van der Waals surface area contributed by atoms with Crippen LogP contribution in [0.2, 0.25) is 0 Å². The van der Waals surface area contributed by atoms with Crippen molar-refractivity contribution < 1.29 is 19.4 Å². The van der Waals surface area contributed by atoms with Gasteiger partial charge in [-0.15, -0.1) is 0 Å². The van der Waals surface area contributed by atoms with Gasteiger partial charge in [0.1, 0.15) is 6.04 Å². The van der Waals surface area contributed by atoms with Gasteiger partial charge < -0.3 is 20.5 Å². The van der Waals surface area contributed by atoms with Crippen LogP contribution in [0.25, 0.3) is 0 Å². The van der Waals surface area contributed by atoms with Crippen LogP contribution in [0.1, 0.15) is 32.6 Å². The van der Waals surface area contributed by atoms with Gasteiger partial charge in [0.25, 0.3) is 0 Å². The van der Waals surface area contributed by atoms with Crippen LogP contribution in [0.4, 0.5) is 4.79 Å². The van der Waals surface area contributed by atoms with Crippen molar-refractivity contribution in [3.63, 3.8) is 0 Å². The maximum absolute atomic E-state index is 11.8. The van der Waals surface area contributed by atoms with Crippen LogP contribution < -0.4 is 10.6 Å². The summed E-state index contributed by atoms with van der Waals surface area (Å²) in [5.41, 5.74) is 0.0495. The fraction of sp³-hybridized carbons (Fsp3) is 0.846. The van der Waals surface area contributed by atoms with Crippen LogP contribution in [-0.4, -0.2) is 42.9 Å². The first-order chi connectivity index (χ1) is 9.00. The predicted molar refractivity (Wildman–Crippen MR) is 68.8 cm³/mol. The van der Waals surface area contributed by atoms with Gasteiger partial charge in [0.05, 0.1) is 0 Å². The Morgan fingerprint density at radius 1 is 1.37 bits per heavy atom. The Hall–Kier alpha value is -1.30. The van der Waals surface area contributed by atoms with Crippen LogP contribution in [0, 0.1) is 11.3 Å². The molecule has 2 amide bonds. The fourth-order valence-electron chi connectivity index (χ4n) is 2.34. The van der Waals surface area contributed by atoms with Crippen LogP contribution in [0.3, 0.4) is 0 Å². The van der Waals surface area contributed by atoms with Crippen LogP contribution in [-0.2, 0) is 9.53 Å². The molecule has 2 rings (SSSR count). The lowest BCUT2D eigenvalue weighted by Gasteiger charge is -2.33. The summed E-state index contributed by atoms with van der Waals surface area (Å²) in [6, 6.07) is -1.13. The number of hydrogen-bond donors (Lipinski definition) is 3. The Labute approximate surface area is 112 Å². The molecule has 1 aliphatic carbocycles. The van der Waals surface area contributed by atoms with Gasteiger partial charge in [0.15, 0.2) is 0 Å². The summed E-state index contributed by atoms with van der Waals surface area (Å²) in [6.07, 6.45) is 3.59. The Morgan fingerprint density at radius 2 is 2.00 bits per heavy atom. The minimum Gasteiger partial charge on any atom is -0.480 e. The molecule has 0 aromatic heterocycles. The van der Waals surface area contributed by atoms with E-state index in [9.17, 15) is 9.59 Å². The molecule has 1 unspecified atom stereocenters. The van der Waals surface area contributed by atoms with E-state index in [0.717, 1.165) is 38.9 Å². The van der Waals surface area contributed by atoms with Crippen molar-refractivity contribution in [2.24, 2.45) is 11.3 Å². The number of rotatable bonds is 5. The molecule has 2 aliphatic rings. The van der Waals surface area contributed by atoms with Crippen molar-refractivity contribution in [3.8, 4) is 0 Å². The fourth-order valence-corrected chi connectivity index (χ4v) is 2.34. The van der Waals surface area contributed by atoms with E-state index in [1.807, 2.05) is 0 Å². The molecule has 1 heterocycles. The number of ether oxygens (including phenoxy) is 1. The summed E-state index contributed by atoms with van der Waals surface area (Å²) in [5.74, 6) is -0.850. The Morgan fingerprint density at radius 3 is 2.53 bits per heavy atom. The smallest absolute Gasteiger partial charge is 0.326 e. The highest BCUT2D eigenvalue weighted by molar-refractivity contribution is 5.83. The predicted octanol–water partition coefficient (Wildman–Crippen LogP) is 0.965. The lowest BCUT2D eigenvalue weighted by molar-refractivity contribution is -0.139. The normalized spacial score (nSPS) is 23.4. The number of carboxylic acids is 1. The lowest BCUT2D eigenvalue weighted by atomic mass is 9.82. The molecule has 0 aromatic carbocycles. The van der Waals surface area contributed by atoms with Crippen molar-refractivity contribution in [3.05, 3.63) is 0 Å². The van der Waals surface area contributed by atoms with E-state index in [4.69, 9.17) is 9.84 Å². The van der Waals surface area contributed by atoms with Gasteiger partial charge in [0, 0.05) is 19.8 Å². The number of nitrogens with one attached hydrogen (secondary N) is 2. The van der Waals surface area contributed by atoms with Gasteiger partial charge in [-0.25, -0.2) is 9.59 Å². The number of hydrogen-bond acceptors (Lipinski definition) is 3. The SMILES string of the molecule is CC1(CNC(=O)NC(C(=O)O)C2CC2)CCOCC1. The van der Waals surface area contributed by atoms with Gasteiger partial charge in [-0.2, -0.15) is 0 Å². The minimum atomic E-state index is -0.949. The largest absolute Gasteiger partial charge is 0.480 e. The third-order valence-electron chi connectivity index (χ3n) is 4.02. The maximum atomic E-state index is 11.8. The molecule has 1 atom stereocenters. The molecule has 0 spiro atoms. The van der Waals surface area contributed by atoms with Crippen LogP contribution in [0.15, 0.2) is 0 Å². The number of urea groups is 1. The van der Waals surface area contributed by atoms with E-state index in [1.165, 1.54) is 0 Å². The number of carbonyl (C=O) groups excluding carboxylic acids is 1. The van der Waals surface area contributed by atoms with Crippen molar-refractivity contribution in [2.75, 3.05) is 19.8 Å². The van der Waals surface area contributed by atoms with E-state index < -0.39 is 12.0 Å². The summed E-state index contributed by atoms with van der Waals surface area (Å²) >= 11 is 0. The topological polar surface area (TPSA) is 87.7 Å². The van der Waals surface area contributed by atoms with Crippen LogP contribution in [0.5, 0.6) is 0 Å². The standard InChI is InChI=1S/C13H22N2O4/c1-13(4-6-19-7-5-13)8-14-12(18)15-10(11(16)17)9-2-3-9/h9-10H,2-8H2,1H3,(H,16,17)(H2,14,15,18). The zero-order valence-corrected chi connectivity index (χ0v) is 11.3. The number of aliphatic carboxylic acids is 1. The molecule has 6 heteroatoms. The van der Waals surface area contributed by atoms with Crippen LogP contribution >= 0.6 is 0 Å². The second-order valence-electron chi connectivity index (χ2n) is 5.90. The molecule has 0 bridgehead atoms. The quantitative estimate of drug-likeness (QED) is 0.694. The first kappa shape index (κ1) is 14.1. The van der Waals surface area contributed by atoms with E-state index in [2.05, 4.69) is 17.6 Å². The molecule has 19 heavy (non-hydrogen) atoms. The molecule has 1 saturated heterocycles. The molecule has 3 N–H and O–H groups in total. The van der Waals surface area contributed by atoms with E-state index >= 15 is 0 Å². The van der Waals surface area contributed by atoms with Crippen molar-refractivity contribution >= 4 is 12.0 Å². The van der Waals surface area contributed by atoms with Crippen molar-refractivity contribution in [2.45, 2.75) is 38.6 Å². The van der Waals surface area contributed by atoms with E-state index in [1.54, 1.807) is 0 Å². The number of amides is 2. The first-order valence-electron chi connectivity index (χ1n) is 6.85. The van der Waals surface area contributed by atoms with Crippen molar-refractivity contribution in [1.82, 2.24) is 10.6 Å². The summed E-state index contributed by atoms with van der Waals surface area (Å²) in [4.78, 5) is 22.8. The number of carboxylic acid groups (broad SMARTS) is 1. The Balaban J connectivity index is 1.75. The highest BCUT2D eigenvalue weighted by Gasteiger charge is 2.37. The summed E-state index contributed by atoms with van der Waals surface area (Å²) in [6.45, 7) is 4.11. The molecule has 6 nitrogen and oxygen atoms in total. The van der Waals surface area contributed by atoms with E-state index in [-0.39, 0.29) is 17.4 Å². The van der Waals surface area contributed by atoms with Gasteiger partial charge in [0.2, 0.25) is 0 Å². The second kappa shape index (κ2) is 5.77. The molecule has 0 aromatic rings.